The lowest BCUT2D eigenvalue weighted by molar-refractivity contribution is -0.614. The van der Waals surface area contributed by atoms with Crippen LogP contribution in [0.15, 0.2) is 77.3 Å². The number of tetrazole rings is 1. The summed E-state index contributed by atoms with van der Waals surface area (Å²) in [5, 5.41) is 26.0. The minimum atomic E-state index is -0.136. The van der Waals surface area contributed by atoms with E-state index in [0.29, 0.717) is 33.8 Å². The summed E-state index contributed by atoms with van der Waals surface area (Å²) in [6.07, 6.45) is 12.4. The molecule has 3 heterocycles. The lowest BCUT2D eigenvalue weighted by atomic mass is 9.88. The van der Waals surface area contributed by atoms with E-state index in [1.807, 2.05) is 42.5 Å². The van der Waals surface area contributed by atoms with E-state index >= 15 is 0 Å². The maximum absolute atomic E-state index is 13.5. The lowest BCUT2D eigenvalue weighted by Crippen LogP contribution is -2.35. The minimum absolute atomic E-state index is 0.136. The smallest absolute Gasteiger partial charge is 0.201 e. The number of hydrogen-bond donors (Lipinski definition) is 0. The van der Waals surface area contributed by atoms with E-state index in [4.69, 9.17) is 34.6 Å². The highest BCUT2D eigenvalue weighted by Gasteiger charge is 2.36. The van der Waals surface area contributed by atoms with Gasteiger partial charge in [-0.2, -0.15) is 9.41 Å². The van der Waals surface area contributed by atoms with Gasteiger partial charge in [0.25, 0.3) is 0 Å². The van der Waals surface area contributed by atoms with Crippen molar-refractivity contribution in [1.82, 2.24) is 20.2 Å². The van der Waals surface area contributed by atoms with Gasteiger partial charge in [0.05, 0.1) is 11.6 Å². The first kappa shape index (κ1) is 24.4. The maximum atomic E-state index is 13.5. The zero-order valence-electron chi connectivity index (χ0n) is 20.3. The summed E-state index contributed by atoms with van der Waals surface area (Å²) >= 11 is 12.9. The van der Waals surface area contributed by atoms with Crippen LogP contribution in [0.2, 0.25) is 5.02 Å². The lowest BCUT2D eigenvalue weighted by Gasteiger charge is -2.18. The molecule has 2 aromatic heterocycles. The Labute approximate surface area is 230 Å². The van der Waals surface area contributed by atoms with Crippen LogP contribution >= 0.6 is 23.2 Å². The van der Waals surface area contributed by atoms with Crippen LogP contribution in [0.3, 0.4) is 0 Å². The fourth-order valence-corrected chi connectivity index (χ4v) is 5.38. The van der Waals surface area contributed by atoms with Crippen LogP contribution in [0.1, 0.15) is 48.4 Å². The van der Waals surface area contributed by atoms with E-state index in [2.05, 4.69) is 21.4 Å². The van der Waals surface area contributed by atoms with Crippen LogP contribution in [0.25, 0.3) is 22.4 Å². The summed E-state index contributed by atoms with van der Waals surface area (Å²) in [5.74, 6) is 3.08. The van der Waals surface area contributed by atoms with Crippen molar-refractivity contribution in [1.29, 1.82) is 0 Å². The number of allylic oxidation sites excluding steroid dienone is 1. The predicted octanol–water partition coefficient (Wildman–Crippen LogP) is 5.93. The molecule has 1 unspecified atom stereocenters. The zero-order valence-corrected chi connectivity index (χ0v) is 21.8. The molecule has 1 fully saturated rings. The summed E-state index contributed by atoms with van der Waals surface area (Å²) in [6.45, 7) is 0. The molecule has 2 aliphatic rings. The predicted molar refractivity (Wildman–Crippen MR) is 148 cm³/mol. The fraction of sp³-hybridized carbons (Fsp3) is 0.207. The second-order valence-electron chi connectivity index (χ2n) is 9.59. The molecule has 6 rings (SSSR count). The van der Waals surface area contributed by atoms with Gasteiger partial charge in [-0.15, -0.1) is 11.5 Å². The molecule has 1 atom stereocenters. The Morgan fingerprint density at radius 1 is 1.08 bits per heavy atom. The van der Waals surface area contributed by atoms with Gasteiger partial charge in [0.1, 0.15) is 11.5 Å². The van der Waals surface area contributed by atoms with Crippen LogP contribution < -0.4 is 4.73 Å². The molecule has 0 radical (unpaired) electrons. The first-order valence-corrected chi connectivity index (χ1v) is 13.1. The Morgan fingerprint density at radius 2 is 1.87 bits per heavy atom. The number of aromatic nitrogens is 5. The number of hydrogen-bond acceptors (Lipinski definition) is 5. The third kappa shape index (κ3) is 4.81. The topological polar surface area (TPSA) is 82.9 Å². The molecule has 7 nitrogen and oxygen atoms in total. The quantitative estimate of drug-likeness (QED) is 0.126. The third-order valence-corrected chi connectivity index (χ3v) is 7.63. The molecular weight excluding hydrogens is 519 g/mol. The SMILES string of the molecule is C#Cc1ccc(C2=C(Cl)N=C(C(CC3CC3)c3ccc(-c4cc(Cl)ccc4-n4cnnn4)c[n+]3[O-])C2)cc1. The van der Waals surface area contributed by atoms with E-state index in [0.717, 1.165) is 44.8 Å². The molecule has 1 aliphatic heterocycles. The van der Waals surface area contributed by atoms with E-state index < -0.39 is 0 Å². The summed E-state index contributed by atoms with van der Waals surface area (Å²) in [5.41, 5.74) is 6.49. The molecule has 0 saturated heterocycles. The molecular formula is C29H22Cl2N6O. The molecule has 1 aliphatic carbocycles. The Bertz CT molecular complexity index is 1620. The normalized spacial score (nSPS) is 15.9. The second kappa shape index (κ2) is 10.1. The number of aliphatic imine (C=N–C) groups is 1. The van der Waals surface area contributed by atoms with Gasteiger partial charge < -0.3 is 5.21 Å². The number of benzene rings is 2. The number of pyridine rings is 1. The molecule has 38 heavy (non-hydrogen) atoms. The number of rotatable bonds is 7. The van der Waals surface area contributed by atoms with E-state index in [-0.39, 0.29) is 5.92 Å². The van der Waals surface area contributed by atoms with Crippen LogP contribution in [-0.4, -0.2) is 25.9 Å². The van der Waals surface area contributed by atoms with Crippen molar-refractivity contribution in [3.05, 3.63) is 99.3 Å². The average Bonchev–Trinajstić information content (AvgIpc) is 3.42. The zero-order chi connectivity index (χ0) is 26.2. The number of terminal acetylenes is 1. The average molecular weight is 541 g/mol. The van der Waals surface area contributed by atoms with Crippen molar-refractivity contribution in [3.63, 3.8) is 0 Å². The summed E-state index contributed by atoms with van der Waals surface area (Å²) in [6, 6.07) is 17.0. The molecule has 0 amide bonds. The first-order chi connectivity index (χ1) is 18.5. The standard InChI is InChI=1S/C29H22Cl2N6O/c1-2-18-5-7-20(8-6-18)24-15-26(33-29(24)31)25(13-19-3-4-19)28-11-9-21(16-37(28)38)23-14-22(30)10-12-27(23)36-17-32-34-35-36/h1,5-12,14,16-17,19,25H,3-4,13,15H2. The van der Waals surface area contributed by atoms with E-state index in [1.54, 1.807) is 23.0 Å². The van der Waals surface area contributed by atoms with E-state index in [9.17, 15) is 5.21 Å². The molecule has 0 N–H and O–H groups in total. The number of nitrogens with zero attached hydrogens (tertiary/aromatic N) is 6. The van der Waals surface area contributed by atoms with Gasteiger partial charge in [0.15, 0.2) is 6.20 Å². The highest BCUT2D eigenvalue weighted by Crippen LogP contribution is 2.43. The van der Waals surface area contributed by atoms with Crippen molar-refractivity contribution >= 4 is 34.5 Å². The molecule has 1 saturated carbocycles. The molecule has 0 bridgehead atoms. The Balaban J connectivity index is 1.33. The summed E-state index contributed by atoms with van der Waals surface area (Å²) in [4.78, 5) is 4.75. The van der Waals surface area contributed by atoms with Crippen LogP contribution in [0.4, 0.5) is 0 Å². The highest BCUT2D eigenvalue weighted by atomic mass is 35.5. The maximum Gasteiger partial charge on any atom is 0.201 e. The van der Waals surface area contributed by atoms with Crippen molar-refractivity contribution in [2.24, 2.45) is 10.9 Å². The third-order valence-electron chi connectivity index (χ3n) is 7.08. The fourth-order valence-electron chi connectivity index (χ4n) is 4.92. The molecule has 0 spiro atoms. The number of halogens is 2. The van der Waals surface area contributed by atoms with Gasteiger partial charge in [-0.1, -0.05) is 54.1 Å². The van der Waals surface area contributed by atoms with Gasteiger partial charge in [-0.3, -0.25) is 0 Å². The highest BCUT2D eigenvalue weighted by molar-refractivity contribution is 6.35. The Kier molecular flexibility index (Phi) is 6.44. The van der Waals surface area contributed by atoms with Gasteiger partial charge in [-0.05, 0) is 64.7 Å². The van der Waals surface area contributed by atoms with Crippen molar-refractivity contribution in [3.8, 4) is 29.2 Å². The van der Waals surface area contributed by atoms with Gasteiger partial charge in [-0.25, -0.2) is 4.99 Å². The minimum Gasteiger partial charge on any atom is -0.618 e. The van der Waals surface area contributed by atoms with Gasteiger partial charge in [0, 0.05) is 45.5 Å². The van der Waals surface area contributed by atoms with Crippen molar-refractivity contribution in [2.45, 2.75) is 31.6 Å². The van der Waals surface area contributed by atoms with Crippen molar-refractivity contribution < 1.29 is 4.73 Å². The first-order valence-electron chi connectivity index (χ1n) is 12.3. The molecule has 4 aromatic rings. The monoisotopic (exact) mass is 540 g/mol. The largest absolute Gasteiger partial charge is 0.618 e. The van der Waals surface area contributed by atoms with Crippen LogP contribution in [0, 0.1) is 23.5 Å². The molecule has 2 aromatic carbocycles. The van der Waals surface area contributed by atoms with Crippen molar-refractivity contribution in [2.75, 3.05) is 0 Å². The Morgan fingerprint density at radius 3 is 2.55 bits per heavy atom. The van der Waals surface area contributed by atoms with Gasteiger partial charge >= 0.3 is 0 Å². The van der Waals surface area contributed by atoms with Gasteiger partial charge in [0.2, 0.25) is 5.69 Å². The summed E-state index contributed by atoms with van der Waals surface area (Å²) in [7, 11) is 0. The molecule has 188 valence electrons. The summed E-state index contributed by atoms with van der Waals surface area (Å²) < 4.78 is 2.49. The molecule has 9 heteroatoms. The second-order valence-corrected chi connectivity index (χ2v) is 10.4. The van der Waals surface area contributed by atoms with Crippen LogP contribution in [-0.2, 0) is 0 Å². The van der Waals surface area contributed by atoms with Crippen LogP contribution in [0.5, 0.6) is 0 Å². The van der Waals surface area contributed by atoms with E-state index in [1.165, 1.54) is 19.2 Å². The Hall–Kier alpha value is -3.99.